The monoisotopic (exact) mass is 374 g/mol. The normalized spacial score (nSPS) is 10.5. The van der Waals surface area contributed by atoms with Crippen molar-refractivity contribution in [2.45, 2.75) is 18.9 Å². The Labute approximate surface area is 166 Å². The van der Waals surface area contributed by atoms with Crippen LogP contribution >= 0.6 is 0 Å². The van der Waals surface area contributed by atoms with E-state index in [-0.39, 0.29) is 11.9 Å². The van der Waals surface area contributed by atoms with Crippen LogP contribution in [-0.4, -0.2) is 19.7 Å². The molecule has 0 heterocycles. The largest absolute Gasteiger partial charge is 0.497 e. The van der Waals surface area contributed by atoms with Gasteiger partial charge in [-0.3, -0.25) is 0 Å². The molecule has 0 spiro atoms. The zero-order valence-corrected chi connectivity index (χ0v) is 16.1. The second-order valence-corrected chi connectivity index (χ2v) is 6.62. The van der Waals surface area contributed by atoms with Crippen LogP contribution < -0.4 is 15.4 Å². The molecule has 2 amide bonds. The lowest BCUT2D eigenvalue weighted by molar-refractivity contribution is 0.240. The van der Waals surface area contributed by atoms with E-state index in [9.17, 15) is 4.79 Å². The van der Waals surface area contributed by atoms with Crippen LogP contribution in [0.1, 0.15) is 29.0 Å². The van der Waals surface area contributed by atoms with Crippen LogP contribution in [0, 0.1) is 0 Å². The second-order valence-electron chi connectivity index (χ2n) is 6.62. The van der Waals surface area contributed by atoms with E-state index < -0.39 is 0 Å². The van der Waals surface area contributed by atoms with Gasteiger partial charge in [-0.1, -0.05) is 72.8 Å². The lowest BCUT2D eigenvalue weighted by Crippen LogP contribution is -2.36. The van der Waals surface area contributed by atoms with Crippen LogP contribution in [0.4, 0.5) is 4.79 Å². The van der Waals surface area contributed by atoms with Gasteiger partial charge >= 0.3 is 6.03 Å². The summed E-state index contributed by atoms with van der Waals surface area (Å²) in [4.78, 5) is 12.1. The predicted molar refractivity (Wildman–Crippen MR) is 113 cm³/mol. The van der Waals surface area contributed by atoms with E-state index in [1.165, 1.54) is 11.1 Å². The van der Waals surface area contributed by atoms with E-state index in [1.54, 1.807) is 7.11 Å². The second kappa shape index (κ2) is 10.2. The van der Waals surface area contributed by atoms with Gasteiger partial charge in [0.2, 0.25) is 0 Å². The average molecular weight is 374 g/mol. The van der Waals surface area contributed by atoms with E-state index in [0.717, 1.165) is 17.7 Å². The molecule has 0 atom stereocenters. The molecule has 4 heteroatoms. The highest BCUT2D eigenvalue weighted by atomic mass is 16.5. The van der Waals surface area contributed by atoms with Crippen LogP contribution in [0.2, 0.25) is 0 Å². The molecule has 3 aromatic rings. The fourth-order valence-electron chi connectivity index (χ4n) is 3.21. The summed E-state index contributed by atoms with van der Waals surface area (Å²) in [5, 5.41) is 5.87. The van der Waals surface area contributed by atoms with E-state index in [1.807, 2.05) is 36.4 Å². The third kappa shape index (κ3) is 5.61. The van der Waals surface area contributed by atoms with Gasteiger partial charge in [-0.15, -0.1) is 0 Å². The van der Waals surface area contributed by atoms with Crippen molar-refractivity contribution in [3.8, 4) is 5.75 Å². The van der Waals surface area contributed by atoms with Crippen LogP contribution in [0.25, 0.3) is 0 Å². The number of urea groups is 1. The highest BCUT2D eigenvalue weighted by Gasteiger charge is 2.14. The predicted octanol–water partition coefficient (Wildman–Crippen LogP) is 4.72. The highest BCUT2D eigenvalue weighted by molar-refractivity contribution is 5.73. The minimum atomic E-state index is -0.157. The van der Waals surface area contributed by atoms with Crippen LogP contribution in [0.3, 0.4) is 0 Å². The number of benzene rings is 3. The van der Waals surface area contributed by atoms with Gasteiger partial charge in [-0.25, -0.2) is 4.79 Å². The standard InChI is InChI=1S/C24H26N2O2/c1-28-22-14-12-19(13-15-22)18-26-24(27)25-17-16-23(20-8-4-2-5-9-20)21-10-6-3-7-11-21/h2-15,23H,16-18H2,1H3,(H2,25,26,27). The maximum absolute atomic E-state index is 12.1. The molecule has 0 aliphatic carbocycles. The zero-order valence-electron chi connectivity index (χ0n) is 16.1. The molecule has 0 radical (unpaired) electrons. The number of hydrogen-bond donors (Lipinski definition) is 2. The number of carbonyl (C=O) groups is 1. The van der Waals surface area contributed by atoms with Crippen molar-refractivity contribution in [1.29, 1.82) is 0 Å². The van der Waals surface area contributed by atoms with Crippen molar-refractivity contribution < 1.29 is 9.53 Å². The molecule has 28 heavy (non-hydrogen) atoms. The smallest absolute Gasteiger partial charge is 0.315 e. The molecule has 3 rings (SSSR count). The Bertz CT molecular complexity index is 809. The third-order valence-electron chi connectivity index (χ3n) is 4.73. The molecule has 0 aromatic heterocycles. The molecule has 2 N–H and O–H groups in total. The average Bonchev–Trinajstić information content (AvgIpc) is 2.77. The lowest BCUT2D eigenvalue weighted by Gasteiger charge is -2.18. The molecule has 144 valence electrons. The Kier molecular flexibility index (Phi) is 7.08. The molecule has 4 nitrogen and oxygen atoms in total. The SMILES string of the molecule is COc1ccc(CNC(=O)NCCC(c2ccccc2)c2ccccc2)cc1. The van der Waals surface area contributed by atoms with Crippen molar-refractivity contribution >= 4 is 6.03 Å². The molecule has 0 aliphatic rings. The first-order valence-corrected chi connectivity index (χ1v) is 9.51. The summed E-state index contributed by atoms with van der Waals surface area (Å²) < 4.78 is 5.14. The van der Waals surface area contributed by atoms with Gasteiger partial charge in [0.05, 0.1) is 7.11 Å². The summed E-state index contributed by atoms with van der Waals surface area (Å²) >= 11 is 0. The summed E-state index contributed by atoms with van der Waals surface area (Å²) in [6, 6.07) is 28.3. The van der Waals surface area contributed by atoms with Gasteiger partial charge in [0, 0.05) is 19.0 Å². The number of rotatable bonds is 8. The molecular weight excluding hydrogens is 348 g/mol. The summed E-state index contributed by atoms with van der Waals surface area (Å²) in [6.45, 7) is 1.08. The van der Waals surface area contributed by atoms with Crippen molar-refractivity contribution in [3.05, 3.63) is 102 Å². The maximum Gasteiger partial charge on any atom is 0.315 e. The number of carbonyl (C=O) groups excluding carboxylic acids is 1. The molecule has 3 aromatic carbocycles. The van der Waals surface area contributed by atoms with Gasteiger partial charge in [-0.2, -0.15) is 0 Å². The third-order valence-corrected chi connectivity index (χ3v) is 4.73. The summed E-state index contributed by atoms with van der Waals surface area (Å²) in [6.07, 6.45) is 0.837. The Morgan fingerprint density at radius 3 is 1.93 bits per heavy atom. The van der Waals surface area contributed by atoms with Gasteiger partial charge in [0.25, 0.3) is 0 Å². The molecule has 0 aliphatic heterocycles. The van der Waals surface area contributed by atoms with Crippen LogP contribution in [0.15, 0.2) is 84.9 Å². The van der Waals surface area contributed by atoms with Gasteiger partial charge in [0.15, 0.2) is 0 Å². The first-order chi connectivity index (χ1) is 13.8. The number of hydrogen-bond acceptors (Lipinski definition) is 2. The van der Waals surface area contributed by atoms with E-state index >= 15 is 0 Å². The van der Waals surface area contributed by atoms with Crippen LogP contribution in [-0.2, 0) is 6.54 Å². The minimum Gasteiger partial charge on any atom is -0.497 e. The van der Waals surface area contributed by atoms with E-state index in [0.29, 0.717) is 13.1 Å². The Morgan fingerprint density at radius 1 is 0.821 bits per heavy atom. The molecule has 0 fully saturated rings. The number of methoxy groups -OCH3 is 1. The first kappa shape index (κ1) is 19.5. The molecule has 0 saturated carbocycles. The van der Waals surface area contributed by atoms with Crippen molar-refractivity contribution in [2.75, 3.05) is 13.7 Å². The Morgan fingerprint density at radius 2 is 1.39 bits per heavy atom. The van der Waals surface area contributed by atoms with Crippen molar-refractivity contribution in [3.63, 3.8) is 0 Å². The molecule has 0 bridgehead atoms. The van der Waals surface area contributed by atoms with Crippen molar-refractivity contribution in [1.82, 2.24) is 10.6 Å². The topological polar surface area (TPSA) is 50.4 Å². The fraction of sp³-hybridized carbons (Fsp3) is 0.208. The number of nitrogens with one attached hydrogen (secondary N) is 2. The summed E-state index contributed by atoms with van der Waals surface area (Å²) in [5.41, 5.74) is 3.55. The fourth-order valence-corrected chi connectivity index (χ4v) is 3.21. The number of ether oxygens (including phenoxy) is 1. The molecular formula is C24H26N2O2. The van der Waals surface area contributed by atoms with E-state index in [4.69, 9.17) is 4.74 Å². The summed E-state index contributed by atoms with van der Waals surface area (Å²) in [7, 11) is 1.64. The molecule has 0 unspecified atom stereocenters. The Hall–Kier alpha value is -3.27. The quantitative estimate of drug-likeness (QED) is 0.600. The van der Waals surface area contributed by atoms with Gasteiger partial charge in [-0.05, 0) is 35.2 Å². The van der Waals surface area contributed by atoms with Gasteiger partial charge < -0.3 is 15.4 Å². The summed E-state index contributed by atoms with van der Waals surface area (Å²) in [5.74, 6) is 1.06. The number of amides is 2. The maximum atomic E-state index is 12.1. The first-order valence-electron chi connectivity index (χ1n) is 9.51. The highest BCUT2D eigenvalue weighted by Crippen LogP contribution is 2.27. The zero-order chi connectivity index (χ0) is 19.6. The van der Waals surface area contributed by atoms with Crippen molar-refractivity contribution in [2.24, 2.45) is 0 Å². The minimum absolute atomic E-state index is 0.157. The molecule has 0 saturated heterocycles. The van der Waals surface area contributed by atoms with Crippen LogP contribution in [0.5, 0.6) is 5.75 Å². The Balaban J connectivity index is 1.51. The lowest BCUT2D eigenvalue weighted by atomic mass is 9.88. The van der Waals surface area contributed by atoms with Gasteiger partial charge in [0.1, 0.15) is 5.75 Å². The van der Waals surface area contributed by atoms with E-state index in [2.05, 4.69) is 59.2 Å².